The number of hydrogen-bond donors (Lipinski definition) is 1. The van der Waals surface area contributed by atoms with Gasteiger partial charge in [0.1, 0.15) is 11.5 Å². The third kappa shape index (κ3) is 5.54. The second kappa shape index (κ2) is 8.94. The summed E-state index contributed by atoms with van der Waals surface area (Å²) in [6.45, 7) is 2.66. The topological polar surface area (TPSA) is 59.9 Å². The summed E-state index contributed by atoms with van der Waals surface area (Å²) in [6, 6.07) is 10.1. The Morgan fingerprint density at radius 2 is 1.85 bits per heavy atom. The summed E-state index contributed by atoms with van der Waals surface area (Å²) in [5.74, 6) is 0.168. The average Bonchev–Trinajstić information content (AvgIpc) is 2.55. The van der Waals surface area contributed by atoms with E-state index >= 15 is 0 Å². The molecule has 1 amide bonds. The maximum Gasteiger partial charge on any atom is 0.387 e. The van der Waals surface area contributed by atoms with Crippen molar-refractivity contribution >= 4 is 12.1 Å². The SMILES string of the molecule is Cc1cc(C)c(OCC(=O)N/N=C/c2ccccc2OC(F)F)c(C)c1. The summed E-state index contributed by atoms with van der Waals surface area (Å²) in [7, 11) is 0. The molecule has 0 atom stereocenters. The van der Waals surface area contributed by atoms with Gasteiger partial charge >= 0.3 is 6.61 Å². The number of amides is 1. The van der Waals surface area contributed by atoms with Crippen LogP contribution in [0.15, 0.2) is 41.5 Å². The molecule has 0 bridgehead atoms. The zero-order valence-electron chi connectivity index (χ0n) is 14.8. The van der Waals surface area contributed by atoms with Gasteiger partial charge in [-0.25, -0.2) is 5.43 Å². The molecule has 0 aliphatic heterocycles. The van der Waals surface area contributed by atoms with E-state index in [0.29, 0.717) is 11.3 Å². The molecule has 0 unspecified atom stereocenters. The number of carbonyl (C=O) groups is 1. The van der Waals surface area contributed by atoms with Crippen molar-refractivity contribution in [2.75, 3.05) is 6.61 Å². The number of alkyl halides is 2. The highest BCUT2D eigenvalue weighted by atomic mass is 19.3. The van der Waals surface area contributed by atoms with E-state index < -0.39 is 12.5 Å². The predicted octanol–water partition coefficient (Wildman–Crippen LogP) is 3.74. The lowest BCUT2D eigenvalue weighted by atomic mass is 10.1. The molecule has 0 heterocycles. The summed E-state index contributed by atoms with van der Waals surface area (Å²) in [5, 5.41) is 3.75. The molecule has 0 radical (unpaired) electrons. The van der Waals surface area contributed by atoms with E-state index in [1.165, 1.54) is 12.3 Å². The molecule has 0 aliphatic rings. The van der Waals surface area contributed by atoms with Crippen LogP contribution in [-0.4, -0.2) is 25.3 Å². The van der Waals surface area contributed by atoms with E-state index in [2.05, 4.69) is 15.3 Å². The Bertz CT molecular complexity index is 784. The Labute approximate surface area is 150 Å². The van der Waals surface area contributed by atoms with Crippen LogP contribution in [0.2, 0.25) is 0 Å². The molecule has 138 valence electrons. The van der Waals surface area contributed by atoms with Crippen LogP contribution < -0.4 is 14.9 Å². The molecule has 0 spiro atoms. The number of para-hydroxylation sites is 1. The Hall–Kier alpha value is -2.96. The van der Waals surface area contributed by atoms with Gasteiger partial charge in [0.2, 0.25) is 0 Å². The quantitative estimate of drug-likeness (QED) is 0.603. The number of hydrogen-bond acceptors (Lipinski definition) is 4. The highest BCUT2D eigenvalue weighted by Gasteiger charge is 2.09. The first kappa shape index (κ1) is 19.4. The van der Waals surface area contributed by atoms with Crippen LogP contribution in [-0.2, 0) is 4.79 Å². The van der Waals surface area contributed by atoms with E-state index in [1.54, 1.807) is 18.2 Å². The fourth-order valence-electron chi connectivity index (χ4n) is 2.53. The number of hydrazone groups is 1. The Morgan fingerprint density at radius 1 is 1.19 bits per heavy atom. The number of nitrogens with zero attached hydrogens (tertiary/aromatic N) is 1. The van der Waals surface area contributed by atoms with Crippen molar-refractivity contribution in [3.05, 3.63) is 58.7 Å². The largest absolute Gasteiger partial charge is 0.483 e. The fraction of sp³-hybridized carbons (Fsp3) is 0.263. The lowest BCUT2D eigenvalue weighted by Gasteiger charge is -2.12. The second-order valence-electron chi connectivity index (χ2n) is 5.73. The predicted molar refractivity (Wildman–Crippen MR) is 95.0 cm³/mol. The van der Waals surface area contributed by atoms with Crippen molar-refractivity contribution < 1.29 is 23.0 Å². The molecule has 0 aliphatic carbocycles. The van der Waals surface area contributed by atoms with Crippen LogP contribution in [0.25, 0.3) is 0 Å². The van der Waals surface area contributed by atoms with Crippen LogP contribution >= 0.6 is 0 Å². The molecule has 0 aromatic heterocycles. The third-order valence-electron chi connectivity index (χ3n) is 3.48. The molecule has 0 fully saturated rings. The summed E-state index contributed by atoms with van der Waals surface area (Å²) < 4.78 is 34.6. The first-order valence-electron chi connectivity index (χ1n) is 7.93. The molecule has 26 heavy (non-hydrogen) atoms. The minimum absolute atomic E-state index is 0.0253. The Morgan fingerprint density at radius 3 is 2.50 bits per heavy atom. The molecule has 2 aromatic carbocycles. The van der Waals surface area contributed by atoms with E-state index in [0.717, 1.165) is 16.7 Å². The fourth-order valence-corrected chi connectivity index (χ4v) is 2.53. The number of nitrogens with one attached hydrogen (secondary N) is 1. The summed E-state index contributed by atoms with van der Waals surface area (Å²) in [4.78, 5) is 11.9. The van der Waals surface area contributed by atoms with Gasteiger partial charge < -0.3 is 9.47 Å². The molecule has 5 nitrogen and oxygen atoms in total. The van der Waals surface area contributed by atoms with Crippen molar-refractivity contribution in [3.63, 3.8) is 0 Å². The molecule has 1 N–H and O–H groups in total. The number of rotatable bonds is 7. The van der Waals surface area contributed by atoms with E-state index in [1.807, 2.05) is 32.9 Å². The van der Waals surface area contributed by atoms with E-state index in [-0.39, 0.29) is 12.4 Å². The van der Waals surface area contributed by atoms with Gasteiger partial charge in [-0.2, -0.15) is 13.9 Å². The zero-order chi connectivity index (χ0) is 19.1. The summed E-state index contributed by atoms with van der Waals surface area (Å²) >= 11 is 0. The van der Waals surface area contributed by atoms with Gasteiger partial charge in [0.05, 0.1) is 6.21 Å². The van der Waals surface area contributed by atoms with Crippen LogP contribution in [0.3, 0.4) is 0 Å². The van der Waals surface area contributed by atoms with Gasteiger partial charge in [-0.1, -0.05) is 29.8 Å². The third-order valence-corrected chi connectivity index (χ3v) is 3.48. The van der Waals surface area contributed by atoms with Gasteiger partial charge in [-0.05, 0) is 44.0 Å². The van der Waals surface area contributed by atoms with Gasteiger partial charge in [-0.15, -0.1) is 0 Å². The van der Waals surface area contributed by atoms with Gasteiger partial charge in [0.15, 0.2) is 6.61 Å². The summed E-state index contributed by atoms with van der Waals surface area (Å²) in [6.07, 6.45) is 1.23. The minimum atomic E-state index is -2.94. The Balaban J connectivity index is 1.93. The smallest absolute Gasteiger partial charge is 0.387 e. The van der Waals surface area contributed by atoms with Crippen LogP contribution in [0.5, 0.6) is 11.5 Å². The zero-order valence-corrected chi connectivity index (χ0v) is 14.8. The van der Waals surface area contributed by atoms with Gasteiger partial charge in [-0.3, -0.25) is 4.79 Å². The van der Waals surface area contributed by atoms with Crippen molar-refractivity contribution in [2.45, 2.75) is 27.4 Å². The maximum absolute atomic E-state index is 12.3. The number of carbonyl (C=O) groups excluding carboxylic acids is 1. The summed E-state index contributed by atoms with van der Waals surface area (Å²) in [5.41, 5.74) is 5.61. The van der Waals surface area contributed by atoms with E-state index in [9.17, 15) is 13.6 Å². The first-order chi connectivity index (χ1) is 12.4. The Kier molecular flexibility index (Phi) is 6.66. The highest BCUT2D eigenvalue weighted by molar-refractivity contribution is 5.85. The molecular weight excluding hydrogens is 342 g/mol. The van der Waals surface area contributed by atoms with Gasteiger partial charge in [0, 0.05) is 5.56 Å². The van der Waals surface area contributed by atoms with Crippen molar-refractivity contribution in [1.29, 1.82) is 0 Å². The molecule has 7 heteroatoms. The average molecular weight is 362 g/mol. The van der Waals surface area contributed by atoms with Crippen LogP contribution in [0.4, 0.5) is 8.78 Å². The van der Waals surface area contributed by atoms with E-state index in [4.69, 9.17) is 4.74 Å². The lowest BCUT2D eigenvalue weighted by molar-refractivity contribution is -0.123. The lowest BCUT2D eigenvalue weighted by Crippen LogP contribution is -2.25. The molecule has 0 saturated carbocycles. The van der Waals surface area contributed by atoms with Crippen LogP contribution in [0.1, 0.15) is 22.3 Å². The normalized spacial score (nSPS) is 11.0. The molecular formula is C19H20F2N2O3. The second-order valence-corrected chi connectivity index (χ2v) is 5.73. The molecule has 2 aromatic rings. The monoisotopic (exact) mass is 362 g/mol. The number of aryl methyl sites for hydroxylation is 3. The molecule has 2 rings (SSSR count). The van der Waals surface area contributed by atoms with Crippen molar-refractivity contribution in [1.82, 2.24) is 5.43 Å². The standard InChI is InChI=1S/C19H20F2N2O3/c1-12-8-13(2)18(14(3)9-12)25-11-17(24)23-22-10-15-6-4-5-7-16(15)26-19(20)21/h4-10,19H,11H2,1-3H3,(H,23,24)/b22-10+. The van der Waals surface area contributed by atoms with Gasteiger partial charge in [0.25, 0.3) is 5.91 Å². The maximum atomic E-state index is 12.3. The van der Waals surface area contributed by atoms with Crippen LogP contribution in [0, 0.1) is 20.8 Å². The number of ether oxygens (including phenoxy) is 2. The first-order valence-corrected chi connectivity index (χ1v) is 7.93. The minimum Gasteiger partial charge on any atom is -0.483 e. The molecule has 0 saturated heterocycles. The highest BCUT2D eigenvalue weighted by Crippen LogP contribution is 2.24. The van der Waals surface area contributed by atoms with Crippen molar-refractivity contribution in [3.8, 4) is 11.5 Å². The number of benzene rings is 2. The van der Waals surface area contributed by atoms with Crippen molar-refractivity contribution in [2.24, 2.45) is 5.10 Å². The number of halogens is 2.